The number of ketones is 1. The number of nitrogens with zero attached hydrogens (tertiary/aromatic N) is 1. The molecule has 0 unspecified atom stereocenters. The number of nitrogens with one attached hydrogen (secondary N) is 1. The highest BCUT2D eigenvalue weighted by Gasteiger charge is 2.16. The number of benzene rings is 2. The van der Waals surface area contributed by atoms with Crippen LogP contribution in [0.5, 0.6) is 0 Å². The molecule has 0 aliphatic heterocycles. The molecular formula is C21H17ClN2O2. The number of amides is 1. The molecule has 4 nitrogen and oxygen atoms in total. The van der Waals surface area contributed by atoms with Crippen LogP contribution in [-0.4, -0.2) is 16.7 Å². The predicted octanol–water partition coefficient (Wildman–Crippen LogP) is 5.17. The molecule has 0 aliphatic rings. The number of aromatic nitrogens is 1. The lowest BCUT2D eigenvalue weighted by Gasteiger charge is -2.15. The van der Waals surface area contributed by atoms with Gasteiger partial charge < -0.3 is 5.32 Å². The predicted molar refractivity (Wildman–Crippen MR) is 104 cm³/mol. The third-order valence-electron chi connectivity index (χ3n) is 4.08. The number of pyridine rings is 1. The number of carbonyl (C=O) groups excluding carboxylic acids is 2. The summed E-state index contributed by atoms with van der Waals surface area (Å²) in [5, 5.41) is 3.00. The number of rotatable bonds is 4. The van der Waals surface area contributed by atoms with Crippen molar-refractivity contribution < 1.29 is 9.59 Å². The lowest BCUT2D eigenvalue weighted by Crippen LogP contribution is -2.14. The van der Waals surface area contributed by atoms with Gasteiger partial charge >= 0.3 is 0 Å². The van der Waals surface area contributed by atoms with E-state index >= 15 is 0 Å². The first-order valence-corrected chi connectivity index (χ1v) is 8.48. The van der Waals surface area contributed by atoms with Crippen molar-refractivity contribution in [1.29, 1.82) is 0 Å². The first-order chi connectivity index (χ1) is 12.5. The molecule has 0 atom stereocenters. The van der Waals surface area contributed by atoms with Crippen LogP contribution in [0.3, 0.4) is 0 Å². The summed E-state index contributed by atoms with van der Waals surface area (Å²) < 4.78 is 0. The van der Waals surface area contributed by atoms with Crippen molar-refractivity contribution in [2.75, 3.05) is 5.32 Å². The minimum atomic E-state index is -0.376. The topological polar surface area (TPSA) is 59.1 Å². The van der Waals surface area contributed by atoms with E-state index in [-0.39, 0.29) is 22.4 Å². The van der Waals surface area contributed by atoms with Crippen molar-refractivity contribution in [2.24, 2.45) is 0 Å². The number of halogens is 1. The van der Waals surface area contributed by atoms with Crippen LogP contribution in [0.4, 0.5) is 5.69 Å². The molecule has 0 aliphatic carbocycles. The van der Waals surface area contributed by atoms with E-state index in [1.165, 1.54) is 13.1 Å². The Labute approximate surface area is 156 Å². The second kappa shape index (κ2) is 7.50. The number of Topliss-reactive ketones (excluding diaryl/α,β-unsaturated/α-hetero) is 1. The molecule has 3 aromatic rings. The van der Waals surface area contributed by atoms with Crippen molar-refractivity contribution in [3.05, 3.63) is 82.6 Å². The molecule has 0 bridgehead atoms. The molecule has 1 aromatic heterocycles. The Hall–Kier alpha value is -2.98. The smallest absolute Gasteiger partial charge is 0.258 e. The van der Waals surface area contributed by atoms with Crippen LogP contribution in [0.25, 0.3) is 11.1 Å². The highest BCUT2D eigenvalue weighted by atomic mass is 35.5. The van der Waals surface area contributed by atoms with Gasteiger partial charge in [0.2, 0.25) is 0 Å². The highest BCUT2D eigenvalue weighted by Crippen LogP contribution is 2.32. The van der Waals surface area contributed by atoms with Gasteiger partial charge in [-0.25, -0.2) is 4.98 Å². The lowest BCUT2D eigenvalue weighted by atomic mass is 9.96. The first kappa shape index (κ1) is 17.8. The molecule has 0 spiro atoms. The fraction of sp³-hybridized carbons (Fsp3) is 0.0952. The van der Waals surface area contributed by atoms with Crippen LogP contribution >= 0.6 is 11.6 Å². The normalized spacial score (nSPS) is 10.4. The summed E-state index contributed by atoms with van der Waals surface area (Å²) in [4.78, 5) is 28.5. The van der Waals surface area contributed by atoms with Gasteiger partial charge in [-0.3, -0.25) is 9.59 Å². The number of anilines is 1. The lowest BCUT2D eigenvalue weighted by molar-refractivity contribution is 0.101. The van der Waals surface area contributed by atoms with Gasteiger partial charge in [0, 0.05) is 23.0 Å². The van der Waals surface area contributed by atoms with E-state index in [9.17, 15) is 9.59 Å². The van der Waals surface area contributed by atoms with E-state index in [4.69, 9.17) is 11.6 Å². The second-order valence-electron chi connectivity index (χ2n) is 5.93. The summed E-state index contributed by atoms with van der Waals surface area (Å²) in [5.74, 6) is -0.435. The number of carbonyl (C=O) groups is 2. The maximum absolute atomic E-state index is 12.7. The Morgan fingerprint density at radius 2 is 1.73 bits per heavy atom. The highest BCUT2D eigenvalue weighted by molar-refractivity contribution is 6.33. The molecule has 1 N–H and O–H groups in total. The van der Waals surface area contributed by atoms with Crippen LogP contribution < -0.4 is 5.32 Å². The largest absolute Gasteiger partial charge is 0.321 e. The van der Waals surface area contributed by atoms with Gasteiger partial charge in [0.15, 0.2) is 5.78 Å². The minimum Gasteiger partial charge on any atom is -0.321 e. The number of hydrogen-bond donors (Lipinski definition) is 1. The molecule has 0 radical (unpaired) electrons. The van der Waals surface area contributed by atoms with E-state index in [2.05, 4.69) is 10.3 Å². The fourth-order valence-corrected chi connectivity index (χ4v) is 3.00. The van der Waals surface area contributed by atoms with E-state index in [0.717, 1.165) is 16.7 Å². The van der Waals surface area contributed by atoms with E-state index in [1.54, 1.807) is 18.2 Å². The summed E-state index contributed by atoms with van der Waals surface area (Å²) >= 11 is 6.02. The Morgan fingerprint density at radius 3 is 2.38 bits per heavy atom. The summed E-state index contributed by atoms with van der Waals surface area (Å²) in [6.45, 7) is 3.39. The maximum Gasteiger partial charge on any atom is 0.258 e. The van der Waals surface area contributed by atoms with Gasteiger partial charge in [-0.2, -0.15) is 0 Å². The van der Waals surface area contributed by atoms with Crippen LogP contribution in [0.15, 0.2) is 60.8 Å². The monoisotopic (exact) mass is 364 g/mol. The molecule has 1 amide bonds. The Morgan fingerprint density at radius 1 is 1.00 bits per heavy atom. The molecule has 2 aromatic carbocycles. The van der Waals surface area contributed by atoms with Crippen LogP contribution in [-0.2, 0) is 0 Å². The molecular weight excluding hydrogens is 348 g/mol. The zero-order valence-corrected chi connectivity index (χ0v) is 15.2. The quantitative estimate of drug-likeness (QED) is 0.513. The molecule has 0 fully saturated rings. The van der Waals surface area contributed by atoms with Gasteiger partial charge in [-0.1, -0.05) is 41.9 Å². The van der Waals surface area contributed by atoms with Crippen molar-refractivity contribution in [3.63, 3.8) is 0 Å². The standard InChI is InChI=1S/C21H17ClN2O2/c1-13-11-18(15-7-4-3-5-8-15)19(12-17(13)14(2)25)24-21(26)16-9-6-10-23-20(16)22/h3-12H,1-2H3,(H,24,26). The van der Waals surface area contributed by atoms with Crippen molar-refractivity contribution in [2.45, 2.75) is 13.8 Å². The summed E-state index contributed by atoms with van der Waals surface area (Å²) in [5.41, 5.74) is 4.03. The summed E-state index contributed by atoms with van der Waals surface area (Å²) in [6, 6.07) is 16.6. The van der Waals surface area contributed by atoms with Gasteiger partial charge in [0.25, 0.3) is 5.91 Å². The zero-order valence-electron chi connectivity index (χ0n) is 14.4. The third kappa shape index (κ3) is 3.65. The Balaban J connectivity index is 2.09. The molecule has 5 heteroatoms. The molecule has 0 saturated carbocycles. The molecule has 1 heterocycles. The van der Waals surface area contributed by atoms with E-state index in [0.29, 0.717) is 11.3 Å². The van der Waals surface area contributed by atoms with Gasteiger partial charge in [0.1, 0.15) is 5.15 Å². The SMILES string of the molecule is CC(=O)c1cc(NC(=O)c2cccnc2Cl)c(-c2ccccc2)cc1C. The van der Waals surface area contributed by atoms with Crippen LogP contribution in [0.1, 0.15) is 33.2 Å². The molecule has 26 heavy (non-hydrogen) atoms. The van der Waals surface area contributed by atoms with Crippen LogP contribution in [0.2, 0.25) is 5.15 Å². The fourth-order valence-electron chi connectivity index (χ4n) is 2.79. The minimum absolute atomic E-state index is 0.0583. The zero-order chi connectivity index (χ0) is 18.7. The number of hydrogen-bond acceptors (Lipinski definition) is 3. The second-order valence-corrected chi connectivity index (χ2v) is 6.29. The average Bonchev–Trinajstić information content (AvgIpc) is 2.63. The van der Waals surface area contributed by atoms with Crippen LogP contribution in [0, 0.1) is 6.92 Å². The Bertz CT molecular complexity index is 985. The van der Waals surface area contributed by atoms with Gasteiger partial charge in [0.05, 0.1) is 5.56 Å². The third-order valence-corrected chi connectivity index (χ3v) is 4.38. The maximum atomic E-state index is 12.7. The van der Waals surface area contributed by atoms with Crippen molar-refractivity contribution >= 4 is 29.0 Å². The summed E-state index contributed by atoms with van der Waals surface area (Å²) in [7, 11) is 0. The van der Waals surface area contributed by atoms with Crippen molar-refractivity contribution in [1.82, 2.24) is 4.98 Å². The van der Waals surface area contributed by atoms with Gasteiger partial charge in [-0.15, -0.1) is 0 Å². The number of aryl methyl sites for hydroxylation is 1. The van der Waals surface area contributed by atoms with E-state index < -0.39 is 0 Å². The van der Waals surface area contributed by atoms with E-state index in [1.807, 2.05) is 43.3 Å². The molecule has 0 saturated heterocycles. The molecule has 3 rings (SSSR count). The average molecular weight is 365 g/mol. The first-order valence-electron chi connectivity index (χ1n) is 8.10. The summed E-state index contributed by atoms with van der Waals surface area (Å²) in [6.07, 6.45) is 1.52. The van der Waals surface area contributed by atoms with Gasteiger partial charge in [-0.05, 0) is 49.2 Å². The Kier molecular flexibility index (Phi) is 5.14. The van der Waals surface area contributed by atoms with Crippen molar-refractivity contribution in [3.8, 4) is 11.1 Å². The molecule has 130 valence electrons.